The zero-order chi connectivity index (χ0) is 8.85. The molecule has 0 aliphatic carbocycles. The third kappa shape index (κ3) is 3.54. The zero-order valence-corrected chi connectivity index (χ0v) is 5.90. The Morgan fingerprint density at radius 2 is 2.18 bits per heavy atom. The molecule has 0 amide bonds. The van der Waals surface area contributed by atoms with Crippen LogP contribution in [0.5, 0.6) is 0 Å². The van der Waals surface area contributed by atoms with E-state index in [1.54, 1.807) is 0 Å². The van der Waals surface area contributed by atoms with Crippen molar-refractivity contribution >= 4 is 5.97 Å². The highest BCUT2D eigenvalue weighted by molar-refractivity contribution is 5.87. The van der Waals surface area contributed by atoms with Gasteiger partial charge in [0.05, 0.1) is 12.2 Å². The number of hydrogen-bond acceptors (Lipinski definition) is 3. The summed E-state index contributed by atoms with van der Waals surface area (Å²) >= 11 is 0. The third-order valence-corrected chi connectivity index (χ3v) is 1.06. The molecule has 4 nitrogen and oxygen atoms in total. The highest BCUT2D eigenvalue weighted by atomic mass is 16.4. The zero-order valence-electron chi connectivity index (χ0n) is 5.90. The summed E-state index contributed by atoms with van der Waals surface area (Å²) in [4.78, 5) is 10.1. The number of aliphatic hydroxyl groups excluding tert-OH is 2. The molecule has 0 rings (SSSR count). The number of rotatable bonds is 4. The Morgan fingerprint density at radius 1 is 1.64 bits per heavy atom. The van der Waals surface area contributed by atoms with Crippen molar-refractivity contribution in [2.75, 3.05) is 6.61 Å². The second-order valence-corrected chi connectivity index (χ2v) is 1.89. The van der Waals surface area contributed by atoms with Crippen molar-refractivity contribution in [2.45, 2.75) is 6.10 Å². The summed E-state index contributed by atoms with van der Waals surface area (Å²) in [5.74, 6) is -1.25. The van der Waals surface area contributed by atoms with Gasteiger partial charge in [-0.15, -0.1) is 0 Å². The highest BCUT2D eigenvalue weighted by Crippen LogP contribution is 2.00. The molecule has 0 saturated carbocycles. The number of carboxylic acids is 1. The molecule has 4 heteroatoms. The molecule has 0 bridgehead atoms. The Morgan fingerprint density at radius 3 is 2.55 bits per heavy atom. The minimum absolute atomic E-state index is 0.232. The van der Waals surface area contributed by atoms with Crippen LogP contribution in [0.4, 0.5) is 0 Å². The summed E-state index contributed by atoms with van der Waals surface area (Å²) in [6.07, 6.45) is 1.19. The van der Waals surface area contributed by atoms with E-state index in [-0.39, 0.29) is 12.2 Å². The van der Waals surface area contributed by atoms with Gasteiger partial charge in [0.25, 0.3) is 0 Å². The lowest BCUT2D eigenvalue weighted by atomic mass is 10.1. The first kappa shape index (κ1) is 9.87. The van der Waals surface area contributed by atoms with Crippen LogP contribution in [0, 0.1) is 0 Å². The largest absolute Gasteiger partial charge is 0.478 e. The van der Waals surface area contributed by atoms with Crippen LogP contribution in [0.25, 0.3) is 0 Å². The predicted octanol–water partition coefficient (Wildman–Crippen LogP) is -0.463. The standard InChI is InChI=1S/C7H10O4/c1-5(7(10)11)6(9)3-2-4-8/h2-3,6,8-9H,1,4H2,(H,10,11). The van der Waals surface area contributed by atoms with Crippen LogP contribution in [0.2, 0.25) is 0 Å². The van der Waals surface area contributed by atoms with E-state index in [2.05, 4.69) is 6.58 Å². The van der Waals surface area contributed by atoms with E-state index in [1.807, 2.05) is 0 Å². The van der Waals surface area contributed by atoms with Crippen LogP contribution in [0.1, 0.15) is 0 Å². The van der Waals surface area contributed by atoms with E-state index in [0.29, 0.717) is 0 Å². The molecule has 62 valence electrons. The fourth-order valence-electron chi connectivity index (χ4n) is 0.432. The Kier molecular flexibility index (Phi) is 4.17. The van der Waals surface area contributed by atoms with E-state index >= 15 is 0 Å². The number of carboxylic acid groups (broad SMARTS) is 1. The lowest BCUT2D eigenvalue weighted by Crippen LogP contribution is -2.13. The smallest absolute Gasteiger partial charge is 0.333 e. The van der Waals surface area contributed by atoms with Crippen LogP contribution in [-0.4, -0.2) is 34.0 Å². The fourth-order valence-corrected chi connectivity index (χ4v) is 0.432. The van der Waals surface area contributed by atoms with Gasteiger partial charge in [-0.1, -0.05) is 18.7 Å². The first-order valence-electron chi connectivity index (χ1n) is 2.97. The van der Waals surface area contributed by atoms with E-state index in [4.69, 9.17) is 15.3 Å². The maximum Gasteiger partial charge on any atom is 0.333 e. The molecule has 3 N–H and O–H groups in total. The molecular weight excluding hydrogens is 148 g/mol. The van der Waals surface area contributed by atoms with E-state index < -0.39 is 12.1 Å². The molecule has 0 aromatic heterocycles. The second kappa shape index (κ2) is 4.65. The summed E-state index contributed by atoms with van der Waals surface area (Å²) < 4.78 is 0. The molecule has 0 radical (unpaired) electrons. The van der Waals surface area contributed by atoms with Gasteiger partial charge in [0.2, 0.25) is 0 Å². The Bertz CT molecular complexity index is 183. The van der Waals surface area contributed by atoms with E-state index in [9.17, 15) is 4.79 Å². The summed E-state index contributed by atoms with van der Waals surface area (Å²) in [6.45, 7) is 2.89. The van der Waals surface area contributed by atoms with Crippen molar-refractivity contribution in [1.29, 1.82) is 0 Å². The molecule has 0 aromatic rings. The average Bonchev–Trinajstić information content (AvgIpc) is 1.98. The molecule has 0 heterocycles. The Labute approximate surface area is 64.1 Å². The third-order valence-electron chi connectivity index (χ3n) is 1.06. The quantitative estimate of drug-likeness (QED) is 0.382. The molecule has 0 aromatic carbocycles. The van der Waals surface area contributed by atoms with Crippen LogP contribution < -0.4 is 0 Å². The van der Waals surface area contributed by atoms with Gasteiger partial charge in [-0.05, 0) is 0 Å². The molecule has 1 atom stereocenters. The lowest BCUT2D eigenvalue weighted by molar-refractivity contribution is -0.133. The fraction of sp³-hybridized carbons (Fsp3) is 0.286. The van der Waals surface area contributed by atoms with Gasteiger partial charge in [0, 0.05) is 0 Å². The Hall–Kier alpha value is -1.13. The lowest BCUT2D eigenvalue weighted by Gasteiger charge is -2.02. The first-order chi connectivity index (χ1) is 5.09. The SMILES string of the molecule is C=C(C(=O)O)C(O)C=CCO. The van der Waals surface area contributed by atoms with Crippen LogP contribution >= 0.6 is 0 Å². The van der Waals surface area contributed by atoms with Crippen molar-refractivity contribution in [3.05, 3.63) is 24.3 Å². The summed E-state index contributed by atoms with van der Waals surface area (Å²) in [7, 11) is 0. The number of aliphatic hydroxyl groups is 2. The Balaban J connectivity index is 4.03. The van der Waals surface area contributed by atoms with Gasteiger partial charge in [0.1, 0.15) is 6.10 Å². The van der Waals surface area contributed by atoms with Crippen molar-refractivity contribution in [3.63, 3.8) is 0 Å². The predicted molar refractivity (Wildman–Crippen MR) is 39.0 cm³/mol. The van der Waals surface area contributed by atoms with E-state index in [1.165, 1.54) is 6.08 Å². The summed E-state index contributed by atoms with van der Waals surface area (Å²) in [5.41, 5.74) is -0.310. The topological polar surface area (TPSA) is 77.8 Å². The van der Waals surface area contributed by atoms with Crippen LogP contribution in [0.15, 0.2) is 24.3 Å². The van der Waals surface area contributed by atoms with Crippen molar-refractivity contribution in [3.8, 4) is 0 Å². The van der Waals surface area contributed by atoms with Crippen molar-refractivity contribution < 1.29 is 20.1 Å². The van der Waals surface area contributed by atoms with Gasteiger partial charge >= 0.3 is 5.97 Å². The molecule has 0 fully saturated rings. The van der Waals surface area contributed by atoms with Crippen molar-refractivity contribution in [2.24, 2.45) is 0 Å². The monoisotopic (exact) mass is 158 g/mol. The number of aliphatic carboxylic acids is 1. The van der Waals surface area contributed by atoms with Crippen LogP contribution in [-0.2, 0) is 4.79 Å². The molecule has 1 unspecified atom stereocenters. The maximum absolute atomic E-state index is 10.1. The van der Waals surface area contributed by atoms with Crippen LogP contribution in [0.3, 0.4) is 0 Å². The van der Waals surface area contributed by atoms with Gasteiger partial charge in [0.15, 0.2) is 0 Å². The normalized spacial score (nSPS) is 13.3. The van der Waals surface area contributed by atoms with E-state index in [0.717, 1.165) is 6.08 Å². The number of carbonyl (C=O) groups is 1. The first-order valence-corrected chi connectivity index (χ1v) is 2.97. The second-order valence-electron chi connectivity index (χ2n) is 1.89. The maximum atomic E-state index is 10.1. The minimum Gasteiger partial charge on any atom is -0.478 e. The number of hydrogen-bond donors (Lipinski definition) is 3. The molecular formula is C7H10O4. The van der Waals surface area contributed by atoms with Gasteiger partial charge in [-0.3, -0.25) is 0 Å². The van der Waals surface area contributed by atoms with Gasteiger partial charge < -0.3 is 15.3 Å². The molecule has 0 aliphatic heterocycles. The molecule has 0 spiro atoms. The minimum atomic E-state index is -1.25. The molecule has 0 saturated heterocycles. The summed E-state index contributed by atoms with van der Waals surface area (Å²) in [5, 5.41) is 25.5. The van der Waals surface area contributed by atoms with Gasteiger partial charge in [-0.2, -0.15) is 0 Å². The summed E-state index contributed by atoms with van der Waals surface area (Å²) in [6, 6.07) is 0. The molecule has 11 heavy (non-hydrogen) atoms. The highest BCUT2D eigenvalue weighted by Gasteiger charge is 2.11. The average molecular weight is 158 g/mol. The van der Waals surface area contributed by atoms with Gasteiger partial charge in [-0.25, -0.2) is 4.79 Å². The van der Waals surface area contributed by atoms with Crippen molar-refractivity contribution in [1.82, 2.24) is 0 Å². The molecule has 0 aliphatic rings.